The van der Waals surface area contributed by atoms with E-state index >= 15 is 0 Å². The van der Waals surface area contributed by atoms with Crippen molar-refractivity contribution in [3.8, 4) is 0 Å². The highest BCUT2D eigenvalue weighted by atomic mass is 16.4. The van der Waals surface area contributed by atoms with Crippen molar-refractivity contribution in [1.82, 2.24) is 21.3 Å². The van der Waals surface area contributed by atoms with Crippen molar-refractivity contribution in [2.45, 2.75) is 77.5 Å². The van der Waals surface area contributed by atoms with Crippen molar-refractivity contribution in [2.75, 3.05) is 6.54 Å². The third kappa shape index (κ3) is 8.91. The molecule has 3 amide bonds. The number of rotatable bonds is 12. The Morgan fingerprint density at radius 1 is 0.935 bits per heavy atom. The van der Waals surface area contributed by atoms with Crippen molar-refractivity contribution in [2.24, 2.45) is 11.8 Å². The molecule has 1 aliphatic heterocycles. The van der Waals surface area contributed by atoms with Gasteiger partial charge in [0.25, 0.3) is 0 Å². The average Bonchev–Trinajstić information content (AvgIpc) is 3.18. The first-order chi connectivity index (χ1) is 14.4. The van der Waals surface area contributed by atoms with Gasteiger partial charge in [-0.15, -0.1) is 0 Å². The summed E-state index contributed by atoms with van der Waals surface area (Å²) < 4.78 is 0. The zero-order valence-corrected chi connectivity index (χ0v) is 18.4. The monoisotopic (exact) mass is 442 g/mol. The normalized spacial score (nSPS) is 18.8. The lowest BCUT2D eigenvalue weighted by molar-refractivity contribution is -0.147. The zero-order valence-electron chi connectivity index (χ0n) is 18.4. The van der Waals surface area contributed by atoms with E-state index in [0.717, 1.165) is 13.0 Å². The fourth-order valence-electron chi connectivity index (χ4n) is 3.31. The second-order valence-electron chi connectivity index (χ2n) is 8.57. The Bertz CT molecular complexity index is 674. The number of nitrogens with one attached hydrogen (secondary N) is 4. The second kappa shape index (κ2) is 12.2. The summed E-state index contributed by atoms with van der Waals surface area (Å²) in [6.07, 6.45) is 1.11. The number of carboxylic acid groups (broad SMARTS) is 2. The van der Waals surface area contributed by atoms with Gasteiger partial charge in [-0.1, -0.05) is 27.7 Å². The standard InChI is InChI=1S/C20H34N4O7/c1-10(2)8-13(22-17(27)12-6-5-7-21-12)18(28)24-16(11(3)4)19(29)23-14(20(30)31)9-15(25)26/h10-14,16,21H,5-9H2,1-4H3,(H,22,27)(H,23,29)(H,24,28)(H,25,26)(H,30,31). The topological polar surface area (TPSA) is 174 Å². The van der Waals surface area contributed by atoms with Crippen LogP contribution in [0.3, 0.4) is 0 Å². The highest BCUT2D eigenvalue weighted by molar-refractivity contribution is 5.94. The van der Waals surface area contributed by atoms with E-state index in [9.17, 15) is 24.0 Å². The Balaban J connectivity index is 2.88. The summed E-state index contributed by atoms with van der Waals surface area (Å²) >= 11 is 0. The van der Waals surface area contributed by atoms with Gasteiger partial charge in [-0.2, -0.15) is 0 Å². The van der Waals surface area contributed by atoms with Gasteiger partial charge >= 0.3 is 11.9 Å². The van der Waals surface area contributed by atoms with Crippen LogP contribution < -0.4 is 21.3 Å². The molecule has 0 aromatic rings. The molecular formula is C20H34N4O7. The highest BCUT2D eigenvalue weighted by Gasteiger charge is 2.33. The van der Waals surface area contributed by atoms with Gasteiger partial charge in [-0.05, 0) is 37.6 Å². The summed E-state index contributed by atoms with van der Waals surface area (Å²) in [4.78, 5) is 60.1. The van der Waals surface area contributed by atoms with Crippen LogP contribution in [-0.4, -0.2) is 70.6 Å². The number of carboxylic acids is 2. The Morgan fingerprint density at radius 3 is 2.03 bits per heavy atom. The average molecular weight is 443 g/mol. The van der Waals surface area contributed by atoms with E-state index in [4.69, 9.17) is 10.2 Å². The van der Waals surface area contributed by atoms with E-state index in [-0.39, 0.29) is 17.9 Å². The largest absolute Gasteiger partial charge is 0.481 e. The first-order valence-corrected chi connectivity index (χ1v) is 10.5. The van der Waals surface area contributed by atoms with Crippen LogP contribution in [0.4, 0.5) is 0 Å². The van der Waals surface area contributed by atoms with E-state index in [1.54, 1.807) is 13.8 Å². The molecule has 11 heteroatoms. The van der Waals surface area contributed by atoms with Crippen LogP contribution in [0.15, 0.2) is 0 Å². The minimum atomic E-state index is -1.62. The fourth-order valence-corrected chi connectivity index (χ4v) is 3.31. The maximum Gasteiger partial charge on any atom is 0.326 e. The molecule has 1 heterocycles. The zero-order chi connectivity index (χ0) is 23.7. The molecule has 0 spiro atoms. The Labute approximate surface area is 181 Å². The summed E-state index contributed by atoms with van der Waals surface area (Å²) in [6.45, 7) is 7.86. The number of hydrogen-bond acceptors (Lipinski definition) is 6. The number of carbonyl (C=O) groups is 5. The van der Waals surface area contributed by atoms with Crippen LogP contribution in [-0.2, 0) is 24.0 Å². The van der Waals surface area contributed by atoms with Gasteiger partial charge in [-0.25, -0.2) is 4.79 Å². The minimum Gasteiger partial charge on any atom is -0.481 e. The third-order valence-corrected chi connectivity index (χ3v) is 4.96. The van der Waals surface area contributed by atoms with Crippen molar-refractivity contribution >= 4 is 29.7 Å². The molecule has 0 saturated carbocycles. The SMILES string of the molecule is CC(C)CC(NC(=O)C1CCCN1)C(=O)NC(C(=O)NC(CC(=O)O)C(=O)O)C(C)C. The third-order valence-electron chi connectivity index (χ3n) is 4.96. The van der Waals surface area contributed by atoms with Crippen LogP contribution >= 0.6 is 0 Å². The van der Waals surface area contributed by atoms with Crippen molar-refractivity contribution < 1.29 is 34.2 Å². The number of aliphatic carboxylic acids is 2. The van der Waals surface area contributed by atoms with Crippen LogP contribution in [0.5, 0.6) is 0 Å². The lowest BCUT2D eigenvalue weighted by Crippen LogP contribution is -2.58. The maximum absolute atomic E-state index is 12.9. The quantitative estimate of drug-likeness (QED) is 0.233. The van der Waals surface area contributed by atoms with Crippen molar-refractivity contribution in [1.29, 1.82) is 0 Å². The molecule has 6 N–H and O–H groups in total. The molecule has 0 aromatic heterocycles. The van der Waals surface area contributed by atoms with Gasteiger partial charge in [0.2, 0.25) is 17.7 Å². The molecule has 11 nitrogen and oxygen atoms in total. The van der Waals surface area contributed by atoms with E-state index in [1.807, 2.05) is 13.8 Å². The van der Waals surface area contributed by atoms with Crippen molar-refractivity contribution in [3.05, 3.63) is 0 Å². The van der Waals surface area contributed by atoms with E-state index in [1.165, 1.54) is 0 Å². The van der Waals surface area contributed by atoms with Gasteiger partial charge in [-0.3, -0.25) is 19.2 Å². The summed E-state index contributed by atoms with van der Waals surface area (Å²) in [5.74, 6) is -4.82. The molecule has 0 radical (unpaired) electrons. The molecule has 1 aliphatic rings. The predicted molar refractivity (Wildman–Crippen MR) is 111 cm³/mol. The molecule has 1 saturated heterocycles. The smallest absolute Gasteiger partial charge is 0.326 e. The molecular weight excluding hydrogens is 408 g/mol. The fraction of sp³-hybridized carbons (Fsp3) is 0.750. The lowest BCUT2D eigenvalue weighted by atomic mass is 9.99. The van der Waals surface area contributed by atoms with Gasteiger partial charge in [0.05, 0.1) is 12.5 Å². The lowest BCUT2D eigenvalue weighted by Gasteiger charge is -2.27. The number of hydrogen-bond donors (Lipinski definition) is 6. The molecule has 0 aliphatic carbocycles. The number of amides is 3. The molecule has 1 rings (SSSR count). The van der Waals surface area contributed by atoms with Gasteiger partial charge < -0.3 is 31.5 Å². The van der Waals surface area contributed by atoms with Crippen LogP contribution in [0, 0.1) is 11.8 Å². The maximum atomic E-state index is 12.9. The molecule has 1 fully saturated rings. The van der Waals surface area contributed by atoms with Crippen LogP contribution in [0.2, 0.25) is 0 Å². The van der Waals surface area contributed by atoms with Gasteiger partial charge in [0.1, 0.15) is 18.1 Å². The van der Waals surface area contributed by atoms with E-state index < -0.39 is 54.2 Å². The Morgan fingerprint density at radius 2 is 1.58 bits per heavy atom. The number of carbonyl (C=O) groups excluding carboxylic acids is 3. The Kier molecular flexibility index (Phi) is 10.4. The predicted octanol–water partition coefficient (Wildman–Crippen LogP) is -0.546. The van der Waals surface area contributed by atoms with Crippen LogP contribution in [0.25, 0.3) is 0 Å². The van der Waals surface area contributed by atoms with Crippen LogP contribution in [0.1, 0.15) is 53.4 Å². The van der Waals surface area contributed by atoms with E-state index in [0.29, 0.717) is 12.8 Å². The summed E-state index contributed by atoms with van der Waals surface area (Å²) in [5.41, 5.74) is 0. The second-order valence-corrected chi connectivity index (χ2v) is 8.57. The molecule has 4 unspecified atom stereocenters. The Hall–Kier alpha value is -2.69. The van der Waals surface area contributed by atoms with Gasteiger partial charge in [0, 0.05) is 0 Å². The first-order valence-electron chi connectivity index (χ1n) is 10.5. The molecule has 176 valence electrons. The van der Waals surface area contributed by atoms with Crippen molar-refractivity contribution in [3.63, 3.8) is 0 Å². The summed E-state index contributed by atoms with van der Waals surface area (Å²) in [5, 5.41) is 28.6. The molecule has 0 aromatic carbocycles. The molecule has 4 atom stereocenters. The molecule has 0 bridgehead atoms. The van der Waals surface area contributed by atoms with Gasteiger partial charge in [0.15, 0.2) is 0 Å². The summed E-state index contributed by atoms with van der Waals surface area (Å²) in [6, 6.07) is -3.95. The highest BCUT2D eigenvalue weighted by Crippen LogP contribution is 2.11. The first kappa shape index (κ1) is 26.3. The minimum absolute atomic E-state index is 0.0888. The summed E-state index contributed by atoms with van der Waals surface area (Å²) in [7, 11) is 0. The molecule has 31 heavy (non-hydrogen) atoms. The van der Waals surface area contributed by atoms with E-state index in [2.05, 4.69) is 21.3 Å².